The van der Waals surface area contributed by atoms with Gasteiger partial charge < -0.3 is 24.2 Å². The Morgan fingerprint density at radius 1 is 1.03 bits per heavy atom. The highest BCUT2D eigenvalue weighted by Crippen LogP contribution is 2.50. The van der Waals surface area contributed by atoms with Crippen LogP contribution in [-0.4, -0.2) is 78.9 Å². The third-order valence-electron chi connectivity index (χ3n) is 9.82. The summed E-state index contributed by atoms with van der Waals surface area (Å²) in [5.41, 5.74) is 1.81. The van der Waals surface area contributed by atoms with Crippen molar-refractivity contribution in [2.45, 2.75) is 87.4 Å². The maximum absolute atomic E-state index is 14.3. The number of hydrogen-bond acceptors (Lipinski definition) is 5. The number of fused-ring (bicyclic) bond motifs is 4. The van der Waals surface area contributed by atoms with Crippen LogP contribution >= 0.6 is 0 Å². The number of piperidine rings is 2. The zero-order valence-electron chi connectivity index (χ0n) is 20.9. The molecule has 6 aliphatic rings. The smallest absolute Gasteiger partial charge is 0.410 e. The number of carbonyl (C=O) groups excluding carboxylic acids is 2. The molecule has 1 saturated carbocycles. The Kier molecular flexibility index (Phi) is 5.54. The molecule has 5 aliphatic heterocycles. The lowest BCUT2D eigenvalue weighted by atomic mass is 9.73. The minimum atomic E-state index is -0.212. The lowest BCUT2D eigenvalue weighted by molar-refractivity contribution is -0.119. The van der Waals surface area contributed by atoms with Crippen molar-refractivity contribution in [2.75, 3.05) is 37.7 Å². The molecule has 4 saturated heterocycles. The van der Waals surface area contributed by atoms with Gasteiger partial charge in [0.15, 0.2) is 0 Å². The van der Waals surface area contributed by atoms with Crippen LogP contribution in [0.15, 0.2) is 18.2 Å². The summed E-state index contributed by atoms with van der Waals surface area (Å²) in [6.45, 7) is 3.79. The van der Waals surface area contributed by atoms with Crippen LogP contribution in [0.25, 0.3) is 0 Å². The van der Waals surface area contributed by atoms with Gasteiger partial charge in [0, 0.05) is 49.5 Å². The second kappa shape index (κ2) is 8.69. The molecular formula is C28H38FN3O4. The molecule has 1 aromatic rings. The second-order valence-electron chi connectivity index (χ2n) is 12.0. The number of likely N-dealkylation sites (tertiary alicyclic amines) is 1. The van der Waals surface area contributed by atoms with E-state index in [2.05, 4.69) is 4.90 Å². The van der Waals surface area contributed by atoms with Crippen LogP contribution in [0.1, 0.15) is 64.8 Å². The highest BCUT2D eigenvalue weighted by Gasteiger charge is 2.51. The fraction of sp³-hybridized carbons (Fsp3) is 0.714. The summed E-state index contributed by atoms with van der Waals surface area (Å²) in [5, 5.41) is 0. The van der Waals surface area contributed by atoms with Gasteiger partial charge in [0.25, 0.3) is 0 Å². The van der Waals surface area contributed by atoms with E-state index in [1.54, 1.807) is 6.07 Å². The van der Waals surface area contributed by atoms with Crippen molar-refractivity contribution >= 4 is 17.7 Å². The first-order chi connectivity index (χ1) is 17.5. The van der Waals surface area contributed by atoms with Crippen molar-refractivity contribution in [3.63, 3.8) is 0 Å². The Labute approximate surface area is 213 Å². The Morgan fingerprint density at radius 2 is 1.78 bits per heavy atom. The van der Waals surface area contributed by atoms with E-state index >= 15 is 0 Å². The lowest BCUT2D eigenvalue weighted by Crippen LogP contribution is -2.56. The van der Waals surface area contributed by atoms with E-state index in [4.69, 9.17) is 9.47 Å². The summed E-state index contributed by atoms with van der Waals surface area (Å²) in [6.07, 6.45) is 8.50. The fourth-order valence-electron chi connectivity index (χ4n) is 7.69. The number of anilines is 1. The molecule has 8 heteroatoms. The molecule has 196 valence electrons. The van der Waals surface area contributed by atoms with Crippen LogP contribution in [0, 0.1) is 11.7 Å². The molecule has 7 nitrogen and oxygen atoms in total. The first-order valence-electron chi connectivity index (χ1n) is 13.9. The van der Waals surface area contributed by atoms with Crippen molar-refractivity contribution in [1.82, 2.24) is 9.80 Å². The number of rotatable bonds is 3. The molecule has 36 heavy (non-hydrogen) atoms. The number of amides is 2. The predicted molar refractivity (Wildman–Crippen MR) is 133 cm³/mol. The standard InChI is InChI=1S/C28H36FN3O4.H2/c29-19-3-6-25-24(13-19)28(17-31(25)26(33)18-1-2-18)8-10-30(11-9-28)22-14-20-4-5-21(15-22)32(20)27(34)36-23-7-12-35-16-23;/h3,6,13,18,20-23H,1-2,4-5,7-12,14-17H2;1H/t20?,21?,22?,23-;/m0./s1. The summed E-state index contributed by atoms with van der Waals surface area (Å²) in [5.74, 6) is 0.171. The molecule has 5 fully saturated rings. The summed E-state index contributed by atoms with van der Waals surface area (Å²) < 4.78 is 25.4. The first-order valence-corrected chi connectivity index (χ1v) is 13.9. The zero-order chi connectivity index (χ0) is 24.4. The maximum atomic E-state index is 14.3. The van der Waals surface area contributed by atoms with Gasteiger partial charge in [-0.3, -0.25) is 4.79 Å². The topological polar surface area (TPSA) is 62.3 Å². The highest BCUT2D eigenvalue weighted by atomic mass is 19.1. The van der Waals surface area contributed by atoms with E-state index in [9.17, 15) is 14.0 Å². The zero-order valence-corrected chi connectivity index (χ0v) is 20.9. The predicted octanol–water partition coefficient (Wildman–Crippen LogP) is 4.08. The van der Waals surface area contributed by atoms with Crippen molar-refractivity contribution in [2.24, 2.45) is 5.92 Å². The van der Waals surface area contributed by atoms with Crippen LogP contribution < -0.4 is 4.90 Å². The van der Waals surface area contributed by atoms with Gasteiger partial charge in [-0.05, 0) is 88.2 Å². The summed E-state index contributed by atoms with van der Waals surface area (Å²) in [7, 11) is 0. The second-order valence-corrected chi connectivity index (χ2v) is 12.0. The molecule has 0 radical (unpaired) electrons. The normalized spacial score (nSPS) is 33.2. The van der Waals surface area contributed by atoms with Crippen LogP contribution in [0.5, 0.6) is 0 Å². The van der Waals surface area contributed by atoms with Crippen LogP contribution in [0.2, 0.25) is 0 Å². The number of benzene rings is 1. The minimum absolute atomic E-state index is 0. The molecule has 0 N–H and O–H groups in total. The van der Waals surface area contributed by atoms with Crippen LogP contribution in [0.4, 0.5) is 14.9 Å². The van der Waals surface area contributed by atoms with Gasteiger partial charge in [0.05, 0.1) is 13.2 Å². The molecule has 1 aliphatic carbocycles. The van der Waals surface area contributed by atoms with Crippen molar-refractivity contribution in [1.29, 1.82) is 0 Å². The molecule has 5 heterocycles. The molecule has 1 spiro atoms. The van der Waals surface area contributed by atoms with E-state index in [0.717, 1.165) is 82.1 Å². The van der Waals surface area contributed by atoms with Gasteiger partial charge >= 0.3 is 6.09 Å². The van der Waals surface area contributed by atoms with Gasteiger partial charge in [-0.1, -0.05) is 0 Å². The molecule has 2 amide bonds. The molecule has 0 aromatic heterocycles. The van der Waals surface area contributed by atoms with Crippen molar-refractivity contribution in [3.8, 4) is 0 Å². The van der Waals surface area contributed by atoms with Crippen LogP contribution in [-0.2, 0) is 19.7 Å². The van der Waals surface area contributed by atoms with E-state index in [1.165, 1.54) is 6.07 Å². The number of carbonyl (C=O) groups is 2. The Hall–Kier alpha value is -2.19. The summed E-state index contributed by atoms with van der Waals surface area (Å²) in [4.78, 5) is 32.6. The van der Waals surface area contributed by atoms with Gasteiger partial charge in [0.2, 0.25) is 5.91 Å². The van der Waals surface area contributed by atoms with Gasteiger partial charge in [-0.15, -0.1) is 0 Å². The third-order valence-corrected chi connectivity index (χ3v) is 9.82. The molecule has 3 atom stereocenters. The number of nitrogens with zero attached hydrogens (tertiary/aromatic N) is 3. The summed E-state index contributed by atoms with van der Waals surface area (Å²) in [6, 6.07) is 5.98. The highest BCUT2D eigenvalue weighted by molar-refractivity contribution is 5.99. The van der Waals surface area contributed by atoms with Crippen molar-refractivity contribution in [3.05, 3.63) is 29.6 Å². The average molecular weight is 500 g/mol. The SMILES string of the molecule is O=C(C1CC1)N1CC2(CCN(C3CC4CCC(C3)N4C(=O)O[C@H]3CCOC3)CC2)c2cc(F)ccc21.[HH]. The Bertz CT molecular complexity index is 1040. The van der Waals surface area contributed by atoms with Gasteiger partial charge in [-0.2, -0.15) is 0 Å². The first kappa shape index (κ1) is 23.0. The largest absolute Gasteiger partial charge is 0.444 e. The van der Waals surface area contributed by atoms with Crippen LogP contribution in [0.3, 0.4) is 0 Å². The average Bonchev–Trinajstić information content (AvgIpc) is 3.44. The lowest BCUT2D eigenvalue weighted by Gasteiger charge is -2.47. The number of halogens is 1. The molecule has 2 unspecified atom stereocenters. The van der Waals surface area contributed by atoms with E-state index < -0.39 is 0 Å². The third kappa shape index (κ3) is 3.83. The van der Waals surface area contributed by atoms with E-state index in [-0.39, 0.29) is 48.8 Å². The monoisotopic (exact) mass is 499 g/mol. The maximum Gasteiger partial charge on any atom is 0.410 e. The number of ether oxygens (including phenoxy) is 2. The molecular weight excluding hydrogens is 461 g/mol. The quantitative estimate of drug-likeness (QED) is 0.627. The van der Waals surface area contributed by atoms with Gasteiger partial charge in [-0.25, -0.2) is 9.18 Å². The Morgan fingerprint density at radius 3 is 2.44 bits per heavy atom. The van der Waals surface area contributed by atoms with E-state index in [0.29, 0.717) is 25.8 Å². The van der Waals surface area contributed by atoms with E-state index in [1.807, 2.05) is 15.9 Å². The molecule has 1 aromatic carbocycles. The van der Waals surface area contributed by atoms with Crippen molar-refractivity contribution < 1.29 is 24.9 Å². The minimum Gasteiger partial charge on any atom is -0.444 e. The van der Waals surface area contributed by atoms with Gasteiger partial charge in [0.1, 0.15) is 11.9 Å². The molecule has 2 bridgehead atoms. The fourth-order valence-corrected chi connectivity index (χ4v) is 7.69. The summed E-state index contributed by atoms with van der Waals surface area (Å²) >= 11 is 0. The number of hydrogen-bond donors (Lipinski definition) is 0. The molecule has 7 rings (SSSR count). The Balaban J connectivity index is 0.00000252.